The second-order valence-electron chi connectivity index (χ2n) is 6.11. The third-order valence-corrected chi connectivity index (χ3v) is 9.49. The fourth-order valence-electron chi connectivity index (χ4n) is 2.83. The number of nitrogens with zero attached hydrogens (tertiary/aromatic N) is 1. The largest absolute Gasteiger partial charge is 0.413 e. The van der Waals surface area contributed by atoms with Gasteiger partial charge in [0, 0.05) is 13.0 Å². The molecule has 0 aromatic heterocycles. The van der Waals surface area contributed by atoms with Gasteiger partial charge in [-0.25, -0.2) is 5.06 Å². The van der Waals surface area contributed by atoms with E-state index in [2.05, 4.69) is 40.3 Å². The van der Waals surface area contributed by atoms with Crippen molar-refractivity contribution in [3.05, 3.63) is 24.8 Å². The van der Waals surface area contributed by atoms with Gasteiger partial charge in [0.05, 0.1) is 19.1 Å². The lowest BCUT2D eigenvalue weighted by atomic mass is 9.92. The van der Waals surface area contributed by atoms with Gasteiger partial charge in [0.15, 0.2) is 8.32 Å². The minimum Gasteiger partial charge on any atom is -0.413 e. The number of carbonyl (C=O) groups excluding carboxylic acids is 1. The Labute approximate surface area is 143 Å². The number of hydroxylamine groups is 2. The first-order chi connectivity index (χ1) is 10.8. The lowest BCUT2D eigenvalue weighted by Crippen LogP contribution is -2.48. The van der Waals surface area contributed by atoms with Crippen LogP contribution in [0.1, 0.15) is 34.6 Å². The molecule has 0 rings (SSSR count). The molecule has 0 bridgehead atoms. The molecule has 0 aliphatic carbocycles. The summed E-state index contributed by atoms with van der Waals surface area (Å²) in [5.41, 5.74) is 0. The third kappa shape index (κ3) is 6.24. The third-order valence-electron chi connectivity index (χ3n) is 4.85. The molecule has 0 spiro atoms. The average molecular weight is 342 g/mol. The molecule has 0 aliphatic heterocycles. The topological polar surface area (TPSA) is 38.8 Å². The van der Waals surface area contributed by atoms with Gasteiger partial charge in [0.1, 0.15) is 0 Å². The van der Waals surface area contributed by atoms with E-state index in [0.29, 0.717) is 0 Å². The zero-order valence-electron chi connectivity index (χ0n) is 16.0. The summed E-state index contributed by atoms with van der Waals surface area (Å²) in [5.74, 6) is -0.183. The molecule has 4 nitrogen and oxygen atoms in total. The summed E-state index contributed by atoms with van der Waals surface area (Å²) >= 11 is 0. The number of allylic oxidation sites excluding steroid dienone is 2. The van der Waals surface area contributed by atoms with Gasteiger partial charge in [-0.3, -0.25) is 9.63 Å². The summed E-state index contributed by atoms with van der Waals surface area (Å²) in [6, 6.07) is 3.19. The maximum Gasteiger partial charge on any atom is 0.251 e. The number of rotatable bonds is 11. The van der Waals surface area contributed by atoms with Crippen LogP contribution in [-0.2, 0) is 14.1 Å². The molecule has 0 aliphatic rings. The van der Waals surface area contributed by atoms with Crippen LogP contribution in [0, 0.1) is 11.8 Å². The highest BCUT2D eigenvalue weighted by atomic mass is 28.4. The molecule has 0 aromatic rings. The fraction of sp³-hybridized carbons (Fsp3) is 0.722. The molecule has 0 fully saturated rings. The van der Waals surface area contributed by atoms with Crippen LogP contribution in [0.4, 0.5) is 0 Å². The van der Waals surface area contributed by atoms with Crippen molar-refractivity contribution in [1.29, 1.82) is 0 Å². The zero-order chi connectivity index (χ0) is 18.0. The molecule has 134 valence electrons. The molecule has 0 heterocycles. The Morgan fingerprint density at radius 2 is 1.74 bits per heavy atom. The normalized spacial score (nSPS) is 16.1. The Hall–Kier alpha value is -0.913. The van der Waals surface area contributed by atoms with Crippen molar-refractivity contribution in [2.24, 2.45) is 11.8 Å². The Morgan fingerprint density at radius 3 is 2.13 bits per heavy atom. The highest BCUT2D eigenvalue weighted by molar-refractivity contribution is 6.73. The number of hydrogen-bond donors (Lipinski definition) is 0. The molecular weight excluding hydrogens is 306 g/mol. The Bertz CT molecular complexity index is 385. The summed E-state index contributed by atoms with van der Waals surface area (Å²) in [6.45, 7) is 14.4. The van der Waals surface area contributed by atoms with Gasteiger partial charge < -0.3 is 4.43 Å². The first-order valence-corrected chi connectivity index (χ1v) is 11.1. The minimum absolute atomic E-state index is 0.0532. The van der Waals surface area contributed by atoms with E-state index in [1.54, 1.807) is 13.1 Å². The van der Waals surface area contributed by atoms with Crippen molar-refractivity contribution in [2.45, 2.75) is 58.9 Å². The lowest BCUT2D eigenvalue weighted by molar-refractivity contribution is -0.176. The average Bonchev–Trinajstić information content (AvgIpc) is 2.59. The van der Waals surface area contributed by atoms with Gasteiger partial charge in [0.2, 0.25) is 0 Å². The summed E-state index contributed by atoms with van der Waals surface area (Å²) in [7, 11) is 1.34. The van der Waals surface area contributed by atoms with Crippen LogP contribution in [0.15, 0.2) is 24.8 Å². The van der Waals surface area contributed by atoms with E-state index in [1.807, 2.05) is 13.0 Å². The molecule has 3 atom stereocenters. The molecule has 5 heteroatoms. The SMILES string of the molecule is C=CC=C[C@H](C)[C@H](O[Si](CC)(CC)CC)[C@@H](C)C(=O)N(C)OC. The Morgan fingerprint density at radius 1 is 1.22 bits per heavy atom. The van der Waals surface area contributed by atoms with Crippen LogP contribution in [0.5, 0.6) is 0 Å². The van der Waals surface area contributed by atoms with Gasteiger partial charge in [-0.1, -0.05) is 59.4 Å². The molecule has 23 heavy (non-hydrogen) atoms. The van der Waals surface area contributed by atoms with Crippen molar-refractivity contribution >= 4 is 14.2 Å². The molecule has 0 saturated carbocycles. The molecule has 0 unspecified atom stereocenters. The van der Waals surface area contributed by atoms with Crippen LogP contribution in [0.25, 0.3) is 0 Å². The van der Waals surface area contributed by atoms with Crippen molar-refractivity contribution < 1.29 is 14.1 Å². The van der Waals surface area contributed by atoms with E-state index in [1.165, 1.54) is 12.2 Å². The van der Waals surface area contributed by atoms with Gasteiger partial charge >= 0.3 is 0 Å². The lowest BCUT2D eigenvalue weighted by Gasteiger charge is -2.38. The van der Waals surface area contributed by atoms with Crippen LogP contribution in [0.3, 0.4) is 0 Å². The van der Waals surface area contributed by atoms with E-state index in [0.717, 1.165) is 18.1 Å². The fourth-order valence-corrected chi connectivity index (χ4v) is 5.83. The standard InChI is InChI=1S/C18H35NO3Si/c1-9-13-14-15(5)17(16(6)18(20)19(7)21-8)22-23(10-2,11-3)12-4/h9,13-17H,1,10-12H2,2-8H3/t15-,16+,17-/m0/s1. The van der Waals surface area contributed by atoms with Gasteiger partial charge in [-0.2, -0.15) is 0 Å². The summed E-state index contributed by atoms with van der Waals surface area (Å²) in [6.07, 6.45) is 5.59. The minimum atomic E-state index is -1.81. The summed E-state index contributed by atoms with van der Waals surface area (Å²) < 4.78 is 6.67. The zero-order valence-corrected chi connectivity index (χ0v) is 17.0. The molecule has 0 saturated heterocycles. The number of hydrogen-bond acceptors (Lipinski definition) is 3. The van der Waals surface area contributed by atoms with E-state index >= 15 is 0 Å². The molecule has 0 radical (unpaired) electrons. The van der Waals surface area contributed by atoms with Gasteiger partial charge in [-0.15, -0.1) is 0 Å². The van der Waals surface area contributed by atoms with E-state index < -0.39 is 8.32 Å². The predicted octanol–water partition coefficient (Wildman–Crippen LogP) is 4.41. The number of amides is 1. The Kier molecular flexibility index (Phi) is 10.4. The second kappa shape index (κ2) is 10.8. The van der Waals surface area contributed by atoms with Crippen molar-refractivity contribution in [3.8, 4) is 0 Å². The maximum atomic E-state index is 12.5. The second-order valence-corrected chi connectivity index (χ2v) is 10.8. The molecular formula is C18H35NO3Si. The van der Waals surface area contributed by atoms with Crippen LogP contribution >= 0.6 is 0 Å². The van der Waals surface area contributed by atoms with Crippen LogP contribution in [-0.4, -0.2) is 39.5 Å². The van der Waals surface area contributed by atoms with Crippen LogP contribution in [0.2, 0.25) is 18.1 Å². The summed E-state index contributed by atoms with van der Waals surface area (Å²) in [5, 5.41) is 1.29. The monoisotopic (exact) mass is 341 g/mol. The maximum absolute atomic E-state index is 12.5. The van der Waals surface area contributed by atoms with Crippen molar-refractivity contribution in [1.82, 2.24) is 5.06 Å². The van der Waals surface area contributed by atoms with Crippen molar-refractivity contribution in [3.63, 3.8) is 0 Å². The van der Waals surface area contributed by atoms with Gasteiger partial charge in [-0.05, 0) is 18.1 Å². The van der Waals surface area contributed by atoms with E-state index in [-0.39, 0.29) is 23.8 Å². The molecule has 1 amide bonds. The van der Waals surface area contributed by atoms with Crippen LogP contribution < -0.4 is 0 Å². The molecule has 0 aromatic carbocycles. The van der Waals surface area contributed by atoms with E-state index in [9.17, 15) is 4.79 Å². The van der Waals surface area contributed by atoms with E-state index in [4.69, 9.17) is 9.26 Å². The highest BCUT2D eigenvalue weighted by Crippen LogP contribution is 2.30. The van der Waals surface area contributed by atoms with Gasteiger partial charge in [0.25, 0.3) is 5.91 Å². The first-order valence-electron chi connectivity index (χ1n) is 8.61. The first kappa shape index (κ1) is 22.1. The Balaban J connectivity index is 5.50. The highest BCUT2D eigenvalue weighted by Gasteiger charge is 2.38. The smallest absolute Gasteiger partial charge is 0.251 e. The number of carbonyl (C=O) groups is 1. The quantitative estimate of drug-likeness (QED) is 0.317. The predicted molar refractivity (Wildman–Crippen MR) is 99.5 cm³/mol. The van der Waals surface area contributed by atoms with Crippen molar-refractivity contribution in [2.75, 3.05) is 14.2 Å². The molecule has 0 N–H and O–H groups in total. The summed E-state index contributed by atoms with van der Waals surface area (Å²) in [4.78, 5) is 17.6.